The summed E-state index contributed by atoms with van der Waals surface area (Å²) < 4.78 is 2.35. The molecule has 10 rings (SSSR count). The molecular formula is C47H31N5. The lowest BCUT2D eigenvalue weighted by molar-refractivity contribution is 1.06. The summed E-state index contributed by atoms with van der Waals surface area (Å²) in [5.74, 6) is 0.651. The van der Waals surface area contributed by atoms with Gasteiger partial charge in [-0.2, -0.15) is 0 Å². The number of benzene rings is 8. The average molecular weight is 666 g/mol. The molecule has 0 aliphatic rings. The molecule has 52 heavy (non-hydrogen) atoms. The zero-order valence-electron chi connectivity index (χ0n) is 28.1. The van der Waals surface area contributed by atoms with Gasteiger partial charge in [-0.3, -0.25) is 0 Å². The first-order valence-electron chi connectivity index (χ1n) is 17.4. The van der Waals surface area contributed by atoms with Crippen LogP contribution in [0.1, 0.15) is 0 Å². The largest absolute Gasteiger partial charge is 0.309 e. The van der Waals surface area contributed by atoms with Crippen molar-refractivity contribution in [1.82, 2.24) is 19.5 Å². The predicted molar refractivity (Wildman–Crippen MR) is 215 cm³/mol. The highest BCUT2D eigenvalue weighted by Crippen LogP contribution is 2.45. The molecule has 0 saturated heterocycles. The highest BCUT2D eigenvalue weighted by molar-refractivity contribution is 6.11. The van der Waals surface area contributed by atoms with Gasteiger partial charge >= 0.3 is 0 Å². The van der Waals surface area contributed by atoms with Crippen molar-refractivity contribution in [2.45, 2.75) is 0 Å². The Morgan fingerprint density at radius 2 is 1.06 bits per heavy atom. The molecule has 244 valence electrons. The Bertz CT molecular complexity index is 2910. The van der Waals surface area contributed by atoms with Crippen LogP contribution in [0, 0.1) is 0 Å². The van der Waals surface area contributed by atoms with E-state index in [9.17, 15) is 0 Å². The van der Waals surface area contributed by atoms with E-state index in [-0.39, 0.29) is 0 Å². The molecular weight excluding hydrogens is 635 g/mol. The van der Waals surface area contributed by atoms with Crippen molar-refractivity contribution in [1.29, 1.82) is 0 Å². The summed E-state index contributed by atoms with van der Waals surface area (Å²) in [6, 6.07) is 63.2. The van der Waals surface area contributed by atoms with Crippen LogP contribution in [0.4, 0.5) is 17.1 Å². The Hall–Kier alpha value is -7.11. The van der Waals surface area contributed by atoms with Crippen molar-refractivity contribution >= 4 is 60.4 Å². The van der Waals surface area contributed by atoms with Gasteiger partial charge in [0, 0.05) is 38.7 Å². The number of hydrogen-bond donors (Lipinski definition) is 0. The molecule has 0 bridgehead atoms. The topological polar surface area (TPSA) is 46.8 Å². The van der Waals surface area contributed by atoms with Gasteiger partial charge in [-0.05, 0) is 70.3 Å². The molecule has 2 heterocycles. The molecule has 0 aliphatic heterocycles. The van der Waals surface area contributed by atoms with Gasteiger partial charge < -0.3 is 9.47 Å². The minimum Gasteiger partial charge on any atom is -0.309 e. The van der Waals surface area contributed by atoms with Crippen LogP contribution in [0.2, 0.25) is 0 Å². The van der Waals surface area contributed by atoms with E-state index in [1.165, 1.54) is 32.3 Å². The minimum absolute atomic E-state index is 0.651. The van der Waals surface area contributed by atoms with Crippen LogP contribution in [-0.2, 0) is 0 Å². The maximum absolute atomic E-state index is 4.44. The number of para-hydroxylation sites is 2. The van der Waals surface area contributed by atoms with Crippen molar-refractivity contribution in [3.8, 4) is 28.2 Å². The van der Waals surface area contributed by atoms with Crippen molar-refractivity contribution in [2.75, 3.05) is 4.90 Å². The smallest absolute Gasteiger partial charge is 0.162 e. The summed E-state index contributed by atoms with van der Waals surface area (Å²) in [5.41, 5.74) is 9.87. The Balaban J connectivity index is 1.22. The van der Waals surface area contributed by atoms with Crippen molar-refractivity contribution in [3.05, 3.63) is 189 Å². The fourth-order valence-corrected chi connectivity index (χ4v) is 7.61. The van der Waals surface area contributed by atoms with Crippen LogP contribution in [0.3, 0.4) is 0 Å². The van der Waals surface area contributed by atoms with Crippen molar-refractivity contribution < 1.29 is 0 Å². The zero-order valence-corrected chi connectivity index (χ0v) is 28.1. The van der Waals surface area contributed by atoms with Gasteiger partial charge in [-0.15, -0.1) is 0 Å². The van der Waals surface area contributed by atoms with Gasteiger partial charge in [0.15, 0.2) is 5.82 Å². The van der Waals surface area contributed by atoms with E-state index in [2.05, 4.69) is 200 Å². The second-order valence-corrected chi connectivity index (χ2v) is 13.0. The second-order valence-electron chi connectivity index (χ2n) is 13.0. The first kappa shape index (κ1) is 29.8. The molecule has 10 aromatic rings. The molecule has 2 aromatic heterocycles. The zero-order chi connectivity index (χ0) is 34.4. The molecule has 5 nitrogen and oxygen atoms in total. The molecule has 0 aliphatic carbocycles. The highest BCUT2D eigenvalue weighted by atomic mass is 15.1. The third kappa shape index (κ3) is 4.98. The maximum Gasteiger partial charge on any atom is 0.162 e. The molecule has 0 fully saturated rings. The van der Waals surface area contributed by atoms with Crippen molar-refractivity contribution in [2.24, 2.45) is 0 Å². The van der Waals surface area contributed by atoms with Crippen LogP contribution in [0.15, 0.2) is 189 Å². The van der Waals surface area contributed by atoms with Crippen LogP contribution < -0.4 is 4.90 Å². The first-order valence-corrected chi connectivity index (χ1v) is 17.4. The van der Waals surface area contributed by atoms with Crippen LogP contribution >= 0.6 is 0 Å². The molecule has 0 spiro atoms. The van der Waals surface area contributed by atoms with Crippen molar-refractivity contribution in [3.63, 3.8) is 0 Å². The number of hydrogen-bond acceptors (Lipinski definition) is 4. The van der Waals surface area contributed by atoms with E-state index < -0.39 is 0 Å². The number of nitrogens with zero attached hydrogens (tertiary/aromatic N) is 5. The Morgan fingerprint density at radius 1 is 0.423 bits per heavy atom. The number of fused-ring (bicyclic) bond motifs is 5. The molecule has 0 atom stereocenters. The van der Waals surface area contributed by atoms with Gasteiger partial charge in [0.1, 0.15) is 12.7 Å². The summed E-state index contributed by atoms with van der Waals surface area (Å²) in [6.45, 7) is 0. The third-order valence-electron chi connectivity index (χ3n) is 9.99. The Labute approximate surface area is 300 Å². The van der Waals surface area contributed by atoms with Gasteiger partial charge in [0.05, 0.1) is 22.4 Å². The Morgan fingerprint density at radius 3 is 1.88 bits per heavy atom. The summed E-state index contributed by atoms with van der Waals surface area (Å²) in [7, 11) is 0. The summed E-state index contributed by atoms with van der Waals surface area (Å²) in [5, 5.41) is 7.17. The molecule has 0 N–H and O–H groups in total. The molecule has 0 saturated carbocycles. The molecule has 0 radical (unpaired) electrons. The van der Waals surface area contributed by atoms with E-state index in [4.69, 9.17) is 0 Å². The third-order valence-corrected chi connectivity index (χ3v) is 9.99. The first-order chi connectivity index (χ1) is 25.8. The van der Waals surface area contributed by atoms with E-state index >= 15 is 0 Å². The lowest BCUT2D eigenvalue weighted by Crippen LogP contribution is -2.11. The summed E-state index contributed by atoms with van der Waals surface area (Å²) in [6.07, 6.45) is 3.09. The van der Waals surface area contributed by atoms with E-state index in [0.29, 0.717) is 5.82 Å². The van der Waals surface area contributed by atoms with Gasteiger partial charge in [0.2, 0.25) is 0 Å². The van der Waals surface area contributed by atoms with E-state index in [1.807, 2.05) is 0 Å². The number of aromatic nitrogens is 4. The molecule has 8 aromatic carbocycles. The second kappa shape index (κ2) is 12.3. The van der Waals surface area contributed by atoms with Gasteiger partial charge in [-0.1, -0.05) is 127 Å². The van der Waals surface area contributed by atoms with Gasteiger partial charge in [0.25, 0.3) is 0 Å². The standard InChI is InChI=1S/C47H31N5/c1-2-15-37(16-3-1)51-45-28-35(22-25-41(45)42-26-23-36(29-46(42)51)47-49-30-48-31-50-47)40-18-8-9-19-43(40)52(38-24-21-32-11-4-5-13-34(32)27-38)44-20-10-14-33-12-6-7-17-39(33)44/h1-31H. The number of anilines is 3. The van der Waals surface area contributed by atoms with Crippen LogP contribution in [-0.4, -0.2) is 19.5 Å². The quantitative estimate of drug-likeness (QED) is 0.177. The average Bonchev–Trinajstić information content (AvgIpc) is 3.55. The fraction of sp³-hybridized carbons (Fsp3) is 0. The SMILES string of the molecule is c1ccc(-n2c3cc(-c4ncncn4)ccc3c3ccc(-c4ccccc4N(c4ccc5ccccc5c4)c4cccc5ccccc45)cc32)cc1. The molecule has 5 heteroatoms. The maximum atomic E-state index is 4.44. The fourth-order valence-electron chi connectivity index (χ4n) is 7.61. The molecule has 0 unspecified atom stereocenters. The summed E-state index contributed by atoms with van der Waals surface area (Å²) >= 11 is 0. The monoisotopic (exact) mass is 665 g/mol. The Kier molecular flexibility index (Phi) is 7.07. The van der Waals surface area contributed by atoms with E-state index in [1.54, 1.807) is 12.7 Å². The predicted octanol–water partition coefficient (Wildman–Crippen LogP) is 12.1. The lowest BCUT2D eigenvalue weighted by Gasteiger charge is -2.29. The van der Waals surface area contributed by atoms with Crippen LogP contribution in [0.5, 0.6) is 0 Å². The summed E-state index contributed by atoms with van der Waals surface area (Å²) in [4.78, 5) is 15.3. The lowest BCUT2D eigenvalue weighted by atomic mass is 9.99. The molecule has 0 amide bonds. The van der Waals surface area contributed by atoms with Crippen LogP contribution in [0.25, 0.3) is 71.6 Å². The number of rotatable bonds is 6. The normalized spacial score (nSPS) is 11.5. The highest BCUT2D eigenvalue weighted by Gasteiger charge is 2.21. The minimum atomic E-state index is 0.651. The van der Waals surface area contributed by atoms with Gasteiger partial charge in [-0.25, -0.2) is 15.0 Å². The van der Waals surface area contributed by atoms with E-state index in [0.717, 1.165) is 50.5 Å².